The van der Waals surface area contributed by atoms with Gasteiger partial charge in [0.2, 0.25) is 5.95 Å². The molecule has 0 bridgehead atoms. The minimum Gasteiger partial charge on any atom is -0.347 e. The number of hydrogen-bond donors (Lipinski definition) is 0. The van der Waals surface area contributed by atoms with Crippen LogP contribution in [0.15, 0.2) is 76.6 Å². The van der Waals surface area contributed by atoms with E-state index in [1.165, 1.54) is 29.4 Å². The van der Waals surface area contributed by atoms with E-state index in [1.807, 2.05) is 30.3 Å². The predicted octanol–water partition coefficient (Wildman–Crippen LogP) is 4.00. The molecule has 0 atom stereocenters. The van der Waals surface area contributed by atoms with E-state index in [-0.39, 0.29) is 4.90 Å². The van der Waals surface area contributed by atoms with Crippen molar-refractivity contribution in [3.8, 4) is 0 Å². The molecular weight excluding hydrogens is 346 g/mol. The summed E-state index contributed by atoms with van der Waals surface area (Å²) in [6.07, 6.45) is 3.81. The molecule has 0 heterocycles. The molecule has 0 aliphatic heterocycles. The zero-order chi connectivity index (χ0) is 18.9. The topological polar surface area (TPSA) is 49.7 Å². The van der Waals surface area contributed by atoms with Crippen LogP contribution >= 0.6 is 0 Å². The fourth-order valence-electron chi connectivity index (χ4n) is 1.87. The third-order valence-corrected chi connectivity index (χ3v) is 4.24. The lowest BCUT2D eigenvalue weighted by atomic mass is 10.2. The van der Waals surface area contributed by atoms with E-state index in [2.05, 4.69) is 4.99 Å². The molecule has 0 aliphatic rings. The highest BCUT2D eigenvalue weighted by Gasteiger charge is 2.07. The van der Waals surface area contributed by atoms with Gasteiger partial charge < -0.3 is 4.90 Å². The average molecular weight is 366 g/mol. The zero-order valence-electron chi connectivity index (χ0n) is 14.2. The fraction of sp³-hybridized carbons (Fsp3) is 0.167. The summed E-state index contributed by atoms with van der Waals surface area (Å²) in [5, 5.41) is 0. The van der Waals surface area contributed by atoms with Gasteiger partial charge in [-0.1, -0.05) is 30.3 Å². The van der Waals surface area contributed by atoms with Crippen molar-refractivity contribution in [2.24, 2.45) is 4.99 Å². The summed E-state index contributed by atoms with van der Waals surface area (Å²) in [4.78, 5) is 5.50. The molecule has 0 amide bonds. The second-order valence-corrected chi connectivity index (χ2v) is 7.01. The van der Waals surface area contributed by atoms with Crippen LogP contribution in [0.5, 0.6) is 0 Å². The summed E-state index contributed by atoms with van der Waals surface area (Å²) in [6.45, 7) is 0. The van der Waals surface area contributed by atoms with Gasteiger partial charge in [0.25, 0.3) is 0 Å². The number of alkyl halides is 1. The first-order valence-electron chi connectivity index (χ1n) is 7.23. The van der Waals surface area contributed by atoms with Gasteiger partial charge in [0.1, 0.15) is 0 Å². The first-order chi connectivity index (χ1) is 11.9. The molecule has 0 spiro atoms. The number of aliphatic imine (C=N–C) groups is 1. The lowest BCUT2D eigenvalue weighted by molar-refractivity contribution is 0.602. The van der Waals surface area contributed by atoms with E-state index in [9.17, 15) is 17.2 Å². The summed E-state index contributed by atoms with van der Waals surface area (Å²) < 4.78 is 46.1. The standard InChI is InChI=1S/C17H17FN2O2S.CH3F/c1-20(15-8-10-16(11-9-15)23(2,21)22)13-17(18)19-12-14-6-4-3-5-7-14;1-2/h3-13H,1-2H3;1H3/b17-13-,19-12+;. The molecule has 0 saturated heterocycles. The molecule has 2 rings (SSSR count). The monoisotopic (exact) mass is 366 g/mol. The number of anilines is 1. The molecule has 0 fully saturated rings. The normalized spacial score (nSPS) is 11.8. The third-order valence-electron chi connectivity index (χ3n) is 3.11. The number of halogens is 2. The second-order valence-electron chi connectivity index (χ2n) is 5.00. The quantitative estimate of drug-likeness (QED) is 0.594. The summed E-state index contributed by atoms with van der Waals surface area (Å²) in [5.74, 6) is -0.649. The molecule has 7 heteroatoms. The van der Waals surface area contributed by atoms with Crippen molar-refractivity contribution in [3.63, 3.8) is 0 Å². The molecule has 4 nitrogen and oxygen atoms in total. The maximum absolute atomic E-state index is 13.8. The molecule has 25 heavy (non-hydrogen) atoms. The van der Waals surface area contributed by atoms with Crippen LogP contribution < -0.4 is 4.90 Å². The highest BCUT2D eigenvalue weighted by molar-refractivity contribution is 7.90. The first-order valence-corrected chi connectivity index (χ1v) is 9.12. The number of sulfone groups is 1. The molecule has 0 saturated carbocycles. The van der Waals surface area contributed by atoms with Crippen LogP contribution in [0.3, 0.4) is 0 Å². The highest BCUT2D eigenvalue weighted by Crippen LogP contribution is 2.18. The summed E-state index contributed by atoms with van der Waals surface area (Å²) >= 11 is 0. The van der Waals surface area contributed by atoms with Crippen molar-refractivity contribution in [3.05, 3.63) is 72.3 Å². The Kier molecular flexibility index (Phi) is 7.94. The Bertz CT molecular complexity index is 818. The number of hydrogen-bond acceptors (Lipinski definition) is 4. The van der Waals surface area contributed by atoms with Gasteiger partial charge in [-0.2, -0.15) is 4.39 Å². The van der Waals surface area contributed by atoms with Crippen LogP contribution in [0.25, 0.3) is 0 Å². The van der Waals surface area contributed by atoms with Crippen LogP contribution in [0.1, 0.15) is 5.56 Å². The first kappa shape index (κ1) is 20.5. The fourth-order valence-corrected chi connectivity index (χ4v) is 2.50. The van der Waals surface area contributed by atoms with Crippen molar-refractivity contribution in [2.45, 2.75) is 4.90 Å². The molecule has 0 radical (unpaired) electrons. The number of benzene rings is 2. The van der Waals surface area contributed by atoms with Crippen LogP contribution in [0, 0.1) is 0 Å². The van der Waals surface area contributed by atoms with Gasteiger partial charge in [-0.05, 0) is 29.8 Å². The van der Waals surface area contributed by atoms with Crippen molar-refractivity contribution in [2.75, 3.05) is 25.4 Å². The minimum absolute atomic E-state index is 0.223. The van der Waals surface area contributed by atoms with Gasteiger partial charge in [0, 0.05) is 25.2 Å². The number of nitrogens with zero attached hydrogens (tertiary/aromatic N) is 2. The maximum atomic E-state index is 13.8. The van der Waals surface area contributed by atoms with E-state index in [4.69, 9.17) is 0 Å². The predicted molar refractivity (Wildman–Crippen MR) is 98.2 cm³/mol. The van der Waals surface area contributed by atoms with Crippen molar-refractivity contribution in [1.29, 1.82) is 0 Å². The van der Waals surface area contributed by atoms with Crippen LogP contribution in [-0.2, 0) is 9.84 Å². The van der Waals surface area contributed by atoms with E-state index in [1.54, 1.807) is 19.2 Å². The summed E-state index contributed by atoms with van der Waals surface area (Å²) in [5.41, 5.74) is 1.46. The largest absolute Gasteiger partial charge is 0.347 e. The van der Waals surface area contributed by atoms with Gasteiger partial charge in [0.15, 0.2) is 9.84 Å². The SMILES string of the molecule is CF.CN(/C=C(F)\N=C\c1ccccc1)c1ccc(S(C)(=O)=O)cc1. The molecule has 0 aliphatic carbocycles. The van der Waals surface area contributed by atoms with Crippen molar-refractivity contribution >= 4 is 21.7 Å². The molecule has 2 aromatic carbocycles. The molecule has 2 aromatic rings. The van der Waals surface area contributed by atoms with E-state index >= 15 is 0 Å². The van der Waals surface area contributed by atoms with Gasteiger partial charge in [-0.25, -0.2) is 13.4 Å². The van der Waals surface area contributed by atoms with Gasteiger partial charge in [0.05, 0.1) is 18.3 Å². The zero-order valence-corrected chi connectivity index (χ0v) is 15.0. The molecule has 0 N–H and O–H groups in total. The Morgan fingerprint density at radius 3 is 2.12 bits per heavy atom. The molecule has 0 unspecified atom stereocenters. The average Bonchev–Trinajstić information content (AvgIpc) is 2.62. The van der Waals surface area contributed by atoms with E-state index in [0.29, 0.717) is 12.9 Å². The second kappa shape index (κ2) is 9.68. The Hall–Kier alpha value is -2.54. The Morgan fingerprint density at radius 1 is 1.04 bits per heavy atom. The summed E-state index contributed by atoms with van der Waals surface area (Å²) in [6, 6.07) is 15.4. The molecule has 0 aromatic heterocycles. The Balaban J connectivity index is 0.00000151. The van der Waals surface area contributed by atoms with Gasteiger partial charge in [-0.15, -0.1) is 0 Å². The minimum atomic E-state index is -3.24. The maximum Gasteiger partial charge on any atom is 0.229 e. The van der Waals surface area contributed by atoms with Crippen molar-refractivity contribution < 1.29 is 17.2 Å². The highest BCUT2D eigenvalue weighted by atomic mass is 32.2. The van der Waals surface area contributed by atoms with Crippen LogP contribution in [-0.4, -0.2) is 35.1 Å². The van der Waals surface area contributed by atoms with Crippen LogP contribution in [0.4, 0.5) is 14.5 Å². The van der Waals surface area contributed by atoms with Crippen molar-refractivity contribution in [1.82, 2.24) is 0 Å². The summed E-state index contributed by atoms with van der Waals surface area (Å²) in [7, 11) is -1.08. The van der Waals surface area contributed by atoms with E-state index < -0.39 is 15.8 Å². The lowest BCUT2D eigenvalue weighted by Gasteiger charge is -2.14. The van der Waals surface area contributed by atoms with Gasteiger partial charge in [-0.3, -0.25) is 4.39 Å². The number of rotatable bonds is 5. The molecule has 134 valence electrons. The molecular formula is C18H20F2N2O2S. The Morgan fingerprint density at radius 2 is 1.60 bits per heavy atom. The lowest BCUT2D eigenvalue weighted by Crippen LogP contribution is -2.08. The van der Waals surface area contributed by atoms with Crippen LogP contribution in [0.2, 0.25) is 0 Å². The van der Waals surface area contributed by atoms with Gasteiger partial charge >= 0.3 is 0 Å². The van der Waals surface area contributed by atoms with E-state index in [0.717, 1.165) is 11.8 Å². The third kappa shape index (κ3) is 6.84. The Labute approximate surface area is 147 Å². The smallest absolute Gasteiger partial charge is 0.229 e.